The van der Waals surface area contributed by atoms with Crippen LogP contribution in [0.4, 0.5) is 11.4 Å². The SMILES string of the molecule is CCC(Nc1cc(Cl)ccc1N(C)C)c1ccccc1O. The van der Waals surface area contributed by atoms with E-state index in [2.05, 4.69) is 12.2 Å². The highest BCUT2D eigenvalue weighted by Crippen LogP contribution is 2.34. The number of phenols is 1. The van der Waals surface area contributed by atoms with Gasteiger partial charge in [-0.25, -0.2) is 0 Å². The van der Waals surface area contributed by atoms with E-state index in [0.717, 1.165) is 23.4 Å². The molecule has 0 spiro atoms. The van der Waals surface area contributed by atoms with Gasteiger partial charge in [0.2, 0.25) is 0 Å². The van der Waals surface area contributed by atoms with Crippen molar-refractivity contribution in [1.82, 2.24) is 0 Å². The maximum Gasteiger partial charge on any atom is 0.120 e. The first-order chi connectivity index (χ1) is 10.0. The standard InChI is InChI=1S/C17H21ClN2O/c1-4-14(13-7-5-6-8-17(13)21)19-15-11-12(18)9-10-16(15)20(2)3/h5-11,14,19,21H,4H2,1-3H3. The van der Waals surface area contributed by atoms with Crippen molar-refractivity contribution in [3.63, 3.8) is 0 Å². The second-order valence-electron chi connectivity index (χ2n) is 5.22. The zero-order valence-corrected chi connectivity index (χ0v) is 13.4. The van der Waals surface area contributed by atoms with Crippen LogP contribution in [0, 0.1) is 0 Å². The molecule has 0 aliphatic heterocycles. The molecule has 4 heteroatoms. The molecule has 2 N–H and O–H groups in total. The number of para-hydroxylation sites is 1. The minimum atomic E-state index is 0.0309. The van der Waals surface area contributed by atoms with Gasteiger partial charge < -0.3 is 15.3 Å². The molecule has 2 aromatic carbocycles. The molecule has 0 aliphatic carbocycles. The van der Waals surface area contributed by atoms with Crippen molar-refractivity contribution in [2.75, 3.05) is 24.3 Å². The van der Waals surface area contributed by atoms with Crippen molar-refractivity contribution >= 4 is 23.0 Å². The van der Waals surface area contributed by atoms with E-state index < -0.39 is 0 Å². The fourth-order valence-corrected chi connectivity index (χ4v) is 2.56. The van der Waals surface area contributed by atoms with Gasteiger partial charge >= 0.3 is 0 Å². The van der Waals surface area contributed by atoms with Crippen molar-refractivity contribution in [3.05, 3.63) is 53.1 Å². The molecule has 21 heavy (non-hydrogen) atoms. The Labute approximate surface area is 131 Å². The predicted octanol–water partition coefficient (Wildman–Crippen LogP) is 4.67. The maximum atomic E-state index is 10.0. The first kappa shape index (κ1) is 15.5. The molecule has 2 aromatic rings. The molecular formula is C17H21ClN2O. The minimum Gasteiger partial charge on any atom is -0.508 e. The lowest BCUT2D eigenvalue weighted by atomic mass is 10.0. The second kappa shape index (κ2) is 6.72. The lowest BCUT2D eigenvalue weighted by molar-refractivity contribution is 0.463. The third kappa shape index (κ3) is 3.61. The van der Waals surface area contributed by atoms with E-state index in [0.29, 0.717) is 10.8 Å². The van der Waals surface area contributed by atoms with Gasteiger partial charge in [-0.05, 0) is 30.7 Å². The van der Waals surface area contributed by atoms with Gasteiger partial charge in [0, 0.05) is 24.7 Å². The van der Waals surface area contributed by atoms with Crippen molar-refractivity contribution in [2.45, 2.75) is 19.4 Å². The molecule has 2 rings (SSSR count). The Hall–Kier alpha value is -1.87. The molecule has 0 amide bonds. The van der Waals surface area contributed by atoms with Crippen LogP contribution in [0.1, 0.15) is 24.9 Å². The highest BCUT2D eigenvalue weighted by Gasteiger charge is 2.15. The van der Waals surface area contributed by atoms with Gasteiger partial charge in [-0.2, -0.15) is 0 Å². The number of benzene rings is 2. The number of aromatic hydroxyl groups is 1. The predicted molar refractivity (Wildman–Crippen MR) is 90.5 cm³/mol. The van der Waals surface area contributed by atoms with Gasteiger partial charge in [0.05, 0.1) is 17.4 Å². The number of phenolic OH excluding ortho intramolecular Hbond substituents is 1. The van der Waals surface area contributed by atoms with Gasteiger partial charge in [0.1, 0.15) is 5.75 Å². The quantitative estimate of drug-likeness (QED) is 0.842. The summed E-state index contributed by atoms with van der Waals surface area (Å²) < 4.78 is 0. The number of nitrogens with zero attached hydrogens (tertiary/aromatic N) is 1. The third-order valence-electron chi connectivity index (χ3n) is 3.49. The maximum absolute atomic E-state index is 10.0. The number of anilines is 2. The lowest BCUT2D eigenvalue weighted by Gasteiger charge is -2.24. The Morgan fingerprint density at radius 2 is 1.90 bits per heavy atom. The van der Waals surface area contributed by atoms with Gasteiger partial charge in [-0.3, -0.25) is 0 Å². The molecule has 112 valence electrons. The van der Waals surface area contributed by atoms with Gasteiger partial charge in [-0.1, -0.05) is 36.7 Å². The van der Waals surface area contributed by atoms with E-state index in [4.69, 9.17) is 11.6 Å². The molecular weight excluding hydrogens is 284 g/mol. The molecule has 1 atom stereocenters. The number of nitrogens with one attached hydrogen (secondary N) is 1. The van der Waals surface area contributed by atoms with Crippen LogP contribution in [-0.2, 0) is 0 Å². The summed E-state index contributed by atoms with van der Waals surface area (Å²) in [6.07, 6.45) is 0.858. The smallest absolute Gasteiger partial charge is 0.120 e. The summed E-state index contributed by atoms with van der Waals surface area (Å²) in [5, 5.41) is 14.2. The summed E-state index contributed by atoms with van der Waals surface area (Å²) in [7, 11) is 3.99. The molecule has 0 radical (unpaired) electrons. The summed E-state index contributed by atoms with van der Waals surface area (Å²) in [5.41, 5.74) is 2.92. The van der Waals surface area contributed by atoms with Crippen molar-refractivity contribution in [2.24, 2.45) is 0 Å². The average Bonchev–Trinajstić information content (AvgIpc) is 2.45. The van der Waals surface area contributed by atoms with Crippen LogP contribution in [0.15, 0.2) is 42.5 Å². The molecule has 0 aromatic heterocycles. The van der Waals surface area contributed by atoms with E-state index in [-0.39, 0.29) is 6.04 Å². The van der Waals surface area contributed by atoms with Crippen molar-refractivity contribution < 1.29 is 5.11 Å². The Morgan fingerprint density at radius 3 is 2.52 bits per heavy atom. The highest BCUT2D eigenvalue weighted by molar-refractivity contribution is 6.31. The summed E-state index contributed by atoms with van der Waals surface area (Å²) >= 11 is 6.12. The van der Waals surface area contributed by atoms with E-state index in [1.807, 2.05) is 55.4 Å². The molecule has 1 unspecified atom stereocenters. The van der Waals surface area contributed by atoms with E-state index in [1.54, 1.807) is 6.07 Å². The summed E-state index contributed by atoms with van der Waals surface area (Å²) in [6, 6.07) is 13.2. The number of rotatable bonds is 5. The zero-order valence-electron chi connectivity index (χ0n) is 12.6. The Morgan fingerprint density at radius 1 is 1.19 bits per heavy atom. The highest BCUT2D eigenvalue weighted by atomic mass is 35.5. The summed E-state index contributed by atoms with van der Waals surface area (Å²) in [5.74, 6) is 0.310. The molecule has 0 heterocycles. The Bertz CT molecular complexity index is 613. The van der Waals surface area contributed by atoms with Gasteiger partial charge in [-0.15, -0.1) is 0 Å². The second-order valence-corrected chi connectivity index (χ2v) is 5.66. The van der Waals surface area contributed by atoms with Gasteiger partial charge in [0.25, 0.3) is 0 Å². The fraction of sp³-hybridized carbons (Fsp3) is 0.294. The van der Waals surface area contributed by atoms with E-state index in [1.165, 1.54) is 0 Å². The Kier molecular flexibility index (Phi) is 4.97. The van der Waals surface area contributed by atoms with Crippen LogP contribution in [0.25, 0.3) is 0 Å². The molecule has 0 saturated carbocycles. The third-order valence-corrected chi connectivity index (χ3v) is 3.73. The summed E-state index contributed by atoms with van der Waals surface area (Å²) in [4.78, 5) is 2.04. The first-order valence-electron chi connectivity index (χ1n) is 7.04. The van der Waals surface area contributed by atoms with E-state index >= 15 is 0 Å². The average molecular weight is 305 g/mol. The van der Waals surface area contributed by atoms with Gasteiger partial charge in [0.15, 0.2) is 0 Å². The zero-order chi connectivity index (χ0) is 15.4. The first-order valence-corrected chi connectivity index (χ1v) is 7.42. The van der Waals surface area contributed by atoms with Crippen LogP contribution in [-0.4, -0.2) is 19.2 Å². The van der Waals surface area contributed by atoms with E-state index in [9.17, 15) is 5.11 Å². The largest absolute Gasteiger partial charge is 0.508 e. The van der Waals surface area contributed by atoms with Crippen molar-refractivity contribution in [1.29, 1.82) is 0 Å². The van der Waals surface area contributed by atoms with Crippen LogP contribution >= 0.6 is 11.6 Å². The molecule has 0 saturated heterocycles. The molecule has 0 bridgehead atoms. The van der Waals surface area contributed by atoms with Crippen LogP contribution in [0.3, 0.4) is 0 Å². The fourth-order valence-electron chi connectivity index (χ4n) is 2.38. The monoisotopic (exact) mass is 304 g/mol. The normalized spacial score (nSPS) is 12.0. The van der Waals surface area contributed by atoms with Crippen LogP contribution in [0.5, 0.6) is 5.75 Å². The Balaban J connectivity index is 2.35. The summed E-state index contributed by atoms with van der Waals surface area (Å²) in [6.45, 7) is 2.09. The molecule has 3 nitrogen and oxygen atoms in total. The lowest BCUT2D eigenvalue weighted by Crippen LogP contribution is -2.15. The number of hydrogen-bond acceptors (Lipinski definition) is 3. The van der Waals surface area contributed by atoms with Crippen LogP contribution in [0.2, 0.25) is 5.02 Å². The molecule has 0 aliphatic rings. The minimum absolute atomic E-state index is 0.0309. The molecule has 0 fully saturated rings. The van der Waals surface area contributed by atoms with Crippen molar-refractivity contribution in [3.8, 4) is 5.75 Å². The number of hydrogen-bond donors (Lipinski definition) is 2. The number of halogens is 1. The topological polar surface area (TPSA) is 35.5 Å². The van der Waals surface area contributed by atoms with Crippen LogP contribution < -0.4 is 10.2 Å².